The second kappa shape index (κ2) is 7.77. The second-order valence-electron chi connectivity index (χ2n) is 6.11. The smallest absolute Gasteiger partial charge is 0.337 e. The normalized spacial score (nSPS) is 16.5. The minimum Gasteiger partial charge on any atom is -0.492 e. The third-order valence-corrected chi connectivity index (χ3v) is 4.21. The number of rotatable bonds is 8. The van der Waals surface area contributed by atoms with Gasteiger partial charge in [0, 0.05) is 7.11 Å². The Kier molecular flexibility index (Phi) is 6.56. The lowest BCUT2D eigenvalue weighted by molar-refractivity contribution is -0.163. The van der Waals surface area contributed by atoms with E-state index in [4.69, 9.17) is 14.6 Å². The van der Waals surface area contributed by atoms with E-state index in [-0.39, 0.29) is 6.61 Å². The van der Waals surface area contributed by atoms with Gasteiger partial charge in [0.05, 0.1) is 12.0 Å². The summed E-state index contributed by atoms with van der Waals surface area (Å²) in [6, 6.07) is 3.19. The highest BCUT2D eigenvalue weighted by atomic mass is 16.6. The fourth-order valence-corrected chi connectivity index (χ4v) is 2.38. The van der Waals surface area contributed by atoms with E-state index >= 15 is 0 Å². The van der Waals surface area contributed by atoms with Crippen LogP contribution in [0, 0.1) is 19.3 Å². The van der Waals surface area contributed by atoms with Gasteiger partial charge in [-0.2, -0.15) is 0 Å². The van der Waals surface area contributed by atoms with Crippen LogP contribution in [0.5, 0.6) is 5.75 Å². The molecule has 0 saturated carbocycles. The van der Waals surface area contributed by atoms with E-state index in [0.29, 0.717) is 17.7 Å². The molecule has 0 heterocycles. The molecule has 6 nitrogen and oxygen atoms in total. The van der Waals surface area contributed by atoms with Crippen LogP contribution in [0.2, 0.25) is 0 Å². The highest BCUT2D eigenvalue weighted by Gasteiger charge is 2.33. The maximum Gasteiger partial charge on any atom is 0.337 e. The molecule has 3 atom stereocenters. The van der Waals surface area contributed by atoms with Crippen molar-refractivity contribution in [2.75, 3.05) is 13.7 Å². The van der Waals surface area contributed by atoms with Gasteiger partial charge in [-0.15, -0.1) is 0 Å². The zero-order valence-corrected chi connectivity index (χ0v) is 14.3. The van der Waals surface area contributed by atoms with Gasteiger partial charge in [0.15, 0.2) is 12.4 Å². The molecule has 0 aromatic heterocycles. The minimum atomic E-state index is -1.56. The average Bonchev–Trinajstić information content (AvgIpc) is 2.51. The van der Waals surface area contributed by atoms with E-state index in [2.05, 4.69) is 0 Å². The third kappa shape index (κ3) is 4.43. The maximum absolute atomic E-state index is 10.9. The molecule has 3 unspecified atom stereocenters. The quantitative estimate of drug-likeness (QED) is 0.634. The monoisotopic (exact) mass is 326 g/mol. The van der Waals surface area contributed by atoms with Crippen LogP contribution >= 0.6 is 0 Å². The fourth-order valence-electron chi connectivity index (χ4n) is 2.38. The summed E-state index contributed by atoms with van der Waals surface area (Å²) < 4.78 is 10.9. The first-order valence-corrected chi connectivity index (χ1v) is 7.52. The van der Waals surface area contributed by atoms with Gasteiger partial charge in [0.1, 0.15) is 5.75 Å². The maximum atomic E-state index is 10.9. The van der Waals surface area contributed by atoms with Gasteiger partial charge < -0.3 is 24.8 Å². The van der Waals surface area contributed by atoms with Gasteiger partial charge in [-0.1, -0.05) is 13.8 Å². The Morgan fingerprint density at radius 1 is 1.26 bits per heavy atom. The molecule has 0 aliphatic heterocycles. The predicted molar refractivity (Wildman–Crippen MR) is 85.4 cm³/mol. The van der Waals surface area contributed by atoms with Crippen LogP contribution in [-0.2, 0) is 9.53 Å². The van der Waals surface area contributed by atoms with Crippen molar-refractivity contribution in [3.63, 3.8) is 0 Å². The van der Waals surface area contributed by atoms with E-state index in [9.17, 15) is 15.0 Å². The van der Waals surface area contributed by atoms with Gasteiger partial charge in [0.25, 0.3) is 0 Å². The van der Waals surface area contributed by atoms with E-state index in [1.165, 1.54) is 7.11 Å². The highest BCUT2D eigenvalue weighted by molar-refractivity contribution is 5.74. The summed E-state index contributed by atoms with van der Waals surface area (Å²) in [6.45, 7) is 7.64. The molecule has 130 valence electrons. The summed E-state index contributed by atoms with van der Waals surface area (Å²) in [5, 5.41) is 28.5. The van der Waals surface area contributed by atoms with E-state index in [1.54, 1.807) is 26.0 Å². The molecule has 0 saturated heterocycles. The summed E-state index contributed by atoms with van der Waals surface area (Å²) in [6.07, 6.45) is -1.84. The van der Waals surface area contributed by atoms with Crippen LogP contribution in [0.25, 0.3) is 0 Å². The zero-order valence-electron chi connectivity index (χ0n) is 14.3. The number of aliphatic carboxylic acids is 1. The lowest BCUT2D eigenvalue weighted by Gasteiger charge is -2.32. The van der Waals surface area contributed by atoms with E-state index < -0.39 is 23.8 Å². The molecule has 0 fully saturated rings. The Hall–Kier alpha value is -1.63. The number of aliphatic hydroxyl groups is 2. The number of aryl methyl sites for hydroxylation is 2. The topological polar surface area (TPSA) is 96.2 Å². The molecule has 1 rings (SSSR count). The lowest BCUT2D eigenvalue weighted by Crippen LogP contribution is -2.38. The van der Waals surface area contributed by atoms with Gasteiger partial charge in [0.2, 0.25) is 0 Å². The van der Waals surface area contributed by atoms with Crippen LogP contribution < -0.4 is 4.74 Å². The van der Waals surface area contributed by atoms with Crippen LogP contribution in [0.3, 0.4) is 0 Å². The van der Waals surface area contributed by atoms with E-state index in [0.717, 1.165) is 11.1 Å². The molecule has 6 heteroatoms. The molecule has 0 radical (unpaired) electrons. The number of aliphatic hydroxyl groups excluding tert-OH is 2. The largest absolute Gasteiger partial charge is 0.492 e. The molecule has 1 aromatic carbocycles. The fraction of sp³-hybridized carbons (Fsp3) is 0.588. The first kappa shape index (κ1) is 19.4. The molecule has 0 aliphatic rings. The molecule has 3 N–H and O–H groups in total. The van der Waals surface area contributed by atoms with Crippen molar-refractivity contribution in [2.45, 2.75) is 46.5 Å². The number of hydrogen-bond acceptors (Lipinski definition) is 5. The summed E-state index contributed by atoms with van der Waals surface area (Å²) in [4.78, 5) is 10.9. The summed E-state index contributed by atoms with van der Waals surface area (Å²) in [5.74, 6) is -0.673. The molecule has 0 aliphatic carbocycles. The molecular weight excluding hydrogens is 300 g/mol. The van der Waals surface area contributed by atoms with Crippen molar-refractivity contribution in [2.24, 2.45) is 5.41 Å². The number of hydrogen-bond donors (Lipinski definition) is 3. The first-order valence-electron chi connectivity index (χ1n) is 7.52. The number of carboxylic acids is 1. The van der Waals surface area contributed by atoms with E-state index in [1.807, 2.05) is 13.8 Å². The van der Waals surface area contributed by atoms with Gasteiger partial charge in [-0.05, 0) is 49.1 Å². The van der Waals surface area contributed by atoms with Crippen LogP contribution in [0.1, 0.15) is 43.1 Å². The summed E-state index contributed by atoms with van der Waals surface area (Å²) in [7, 11) is 1.44. The number of benzene rings is 1. The van der Waals surface area contributed by atoms with Gasteiger partial charge in [-0.3, -0.25) is 0 Å². The molecule has 23 heavy (non-hydrogen) atoms. The number of carbonyl (C=O) groups is 1. The third-order valence-electron chi connectivity index (χ3n) is 4.21. The second-order valence-corrected chi connectivity index (χ2v) is 6.11. The van der Waals surface area contributed by atoms with Crippen molar-refractivity contribution >= 4 is 5.97 Å². The molecule has 0 amide bonds. The molecule has 0 spiro atoms. The number of methoxy groups -OCH3 is 1. The molecule has 0 bridgehead atoms. The van der Waals surface area contributed by atoms with Crippen LogP contribution in [0.15, 0.2) is 12.1 Å². The summed E-state index contributed by atoms with van der Waals surface area (Å²) >= 11 is 0. The van der Waals surface area contributed by atoms with Gasteiger partial charge in [-0.25, -0.2) is 4.79 Å². The average molecular weight is 326 g/mol. The molecule has 1 aromatic rings. The van der Waals surface area contributed by atoms with Crippen LogP contribution in [-0.4, -0.2) is 41.3 Å². The van der Waals surface area contributed by atoms with Gasteiger partial charge >= 0.3 is 5.97 Å². The molecular formula is C17H26O6. The SMILES string of the molecule is CCC(C)(COc1c(C)cc(C(O)C(=O)O)cc1C)C(O)OC. The Morgan fingerprint density at radius 2 is 1.78 bits per heavy atom. The lowest BCUT2D eigenvalue weighted by atomic mass is 9.87. The Bertz CT molecular complexity index is 533. The minimum absolute atomic E-state index is 0.251. The zero-order chi connectivity index (χ0) is 17.8. The van der Waals surface area contributed by atoms with Crippen molar-refractivity contribution < 1.29 is 29.6 Å². The van der Waals surface area contributed by atoms with Crippen molar-refractivity contribution in [3.8, 4) is 5.75 Å². The number of ether oxygens (including phenoxy) is 2. The van der Waals surface area contributed by atoms with Crippen molar-refractivity contribution in [3.05, 3.63) is 28.8 Å². The Morgan fingerprint density at radius 3 is 2.17 bits per heavy atom. The number of carboxylic acid groups (broad SMARTS) is 1. The van der Waals surface area contributed by atoms with Crippen molar-refractivity contribution in [1.82, 2.24) is 0 Å². The Labute approximate surface area is 136 Å². The standard InChI is InChI=1S/C17H26O6/c1-6-17(4,16(21)22-5)9-23-14-10(2)7-12(8-11(14)3)13(18)15(19)20/h7-8,13,16,18,21H,6,9H2,1-5H3,(H,19,20). The first-order chi connectivity index (χ1) is 10.7. The van der Waals surface area contributed by atoms with Crippen molar-refractivity contribution in [1.29, 1.82) is 0 Å². The van der Waals surface area contributed by atoms with Crippen LogP contribution in [0.4, 0.5) is 0 Å². The Balaban J connectivity index is 3.00. The predicted octanol–water partition coefficient (Wildman–Crippen LogP) is 2.18. The highest BCUT2D eigenvalue weighted by Crippen LogP contribution is 2.32. The summed E-state index contributed by atoms with van der Waals surface area (Å²) in [5.41, 5.74) is 1.21.